The van der Waals surface area contributed by atoms with Gasteiger partial charge in [0.2, 0.25) is 5.91 Å². The minimum atomic E-state index is -0.0696. The molecule has 24 heavy (non-hydrogen) atoms. The molecule has 1 aliphatic heterocycles. The van der Waals surface area contributed by atoms with Gasteiger partial charge in [-0.1, -0.05) is 5.16 Å². The largest absolute Gasteiger partial charge is 0.458 e. The van der Waals surface area contributed by atoms with Crippen LogP contribution in [-0.2, 0) is 11.2 Å². The minimum Gasteiger partial charge on any atom is -0.458 e. The SMILES string of the molecule is Cc1cc(C)nc(O[C@@H]2CCN(C(=O)Cc3c(C)noc3C)C2)n1. The van der Waals surface area contributed by atoms with Crippen LogP contribution in [0.15, 0.2) is 10.6 Å². The summed E-state index contributed by atoms with van der Waals surface area (Å²) in [5.41, 5.74) is 3.40. The lowest BCUT2D eigenvalue weighted by molar-refractivity contribution is -0.129. The van der Waals surface area contributed by atoms with Crippen LogP contribution in [0.2, 0.25) is 0 Å². The van der Waals surface area contributed by atoms with E-state index in [4.69, 9.17) is 9.26 Å². The molecule has 7 nitrogen and oxygen atoms in total. The highest BCUT2D eigenvalue weighted by Gasteiger charge is 2.29. The summed E-state index contributed by atoms with van der Waals surface area (Å²) in [6.45, 7) is 8.74. The summed E-state index contributed by atoms with van der Waals surface area (Å²) in [7, 11) is 0. The van der Waals surface area contributed by atoms with E-state index in [0.717, 1.165) is 29.1 Å². The first kappa shape index (κ1) is 16.4. The zero-order chi connectivity index (χ0) is 17.3. The molecule has 0 spiro atoms. The summed E-state index contributed by atoms with van der Waals surface area (Å²) >= 11 is 0. The molecular weight excluding hydrogens is 308 g/mol. The summed E-state index contributed by atoms with van der Waals surface area (Å²) in [5, 5.41) is 3.90. The Balaban J connectivity index is 1.59. The summed E-state index contributed by atoms with van der Waals surface area (Å²) in [4.78, 5) is 22.9. The number of amides is 1. The third kappa shape index (κ3) is 3.55. The monoisotopic (exact) mass is 330 g/mol. The average molecular weight is 330 g/mol. The van der Waals surface area contributed by atoms with Crippen molar-refractivity contribution in [3.05, 3.63) is 34.5 Å². The van der Waals surface area contributed by atoms with E-state index in [1.807, 2.05) is 38.7 Å². The third-order valence-electron chi connectivity index (χ3n) is 4.24. The summed E-state index contributed by atoms with van der Waals surface area (Å²) in [6, 6.07) is 2.29. The highest BCUT2D eigenvalue weighted by molar-refractivity contribution is 5.79. The lowest BCUT2D eigenvalue weighted by atomic mass is 10.1. The van der Waals surface area contributed by atoms with E-state index >= 15 is 0 Å². The smallest absolute Gasteiger partial charge is 0.317 e. The highest BCUT2D eigenvalue weighted by Crippen LogP contribution is 2.19. The van der Waals surface area contributed by atoms with Crippen LogP contribution in [0.3, 0.4) is 0 Å². The Morgan fingerprint density at radius 3 is 2.62 bits per heavy atom. The highest BCUT2D eigenvalue weighted by atomic mass is 16.5. The van der Waals surface area contributed by atoms with Gasteiger partial charge in [-0.2, -0.15) is 0 Å². The quantitative estimate of drug-likeness (QED) is 0.852. The first-order chi connectivity index (χ1) is 11.4. The Morgan fingerprint density at radius 2 is 2.00 bits per heavy atom. The van der Waals surface area contributed by atoms with Crippen LogP contribution < -0.4 is 4.74 Å². The van der Waals surface area contributed by atoms with Crippen molar-refractivity contribution < 1.29 is 14.1 Å². The zero-order valence-corrected chi connectivity index (χ0v) is 14.5. The van der Waals surface area contributed by atoms with Gasteiger partial charge in [0.1, 0.15) is 11.9 Å². The van der Waals surface area contributed by atoms with Crippen LogP contribution >= 0.6 is 0 Å². The molecule has 0 aliphatic carbocycles. The molecule has 0 radical (unpaired) electrons. The molecule has 3 heterocycles. The van der Waals surface area contributed by atoms with Crippen LogP contribution in [0.5, 0.6) is 6.01 Å². The zero-order valence-electron chi connectivity index (χ0n) is 14.5. The second-order valence-electron chi connectivity index (χ2n) is 6.28. The number of carbonyl (C=O) groups is 1. The Labute approximate surface area is 141 Å². The van der Waals surface area contributed by atoms with Gasteiger partial charge in [0.25, 0.3) is 0 Å². The molecule has 0 bridgehead atoms. The summed E-state index contributed by atoms with van der Waals surface area (Å²) in [5.74, 6) is 0.772. The number of aryl methyl sites for hydroxylation is 4. The van der Waals surface area contributed by atoms with Gasteiger partial charge in [0.05, 0.1) is 18.7 Å². The van der Waals surface area contributed by atoms with E-state index in [1.165, 1.54) is 0 Å². The number of hydrogen-bond donors (Lipinski definition) is 0. The van der Waals surface area contributed by atoms with Gasteiger partial charge in [-0.15, -0.1) is 0 Å². The van der Waals surface area contributed by atoms with Crippen LogP contribution in [0.25, 0.3) is 0 Å². The fraction of sp³-hybridized carbons (Fsp3) is 0.529. The molecule has 0 aromatic carbocycles. The molecule has 1 saturated heterocycles. The van der Waals surface area contributed by atoms with Gasteiger partial charge in [0, 0.05) is 29.9 Å². The van der Waals surface area contributed by atoms with Crippen molar-refractivity contribution in [2.45, 2.75) is 46.6 Å². The fourth-order valence-corrected chi connectivity index (χ4v) is 2.96. The number of aromatic nitrogens is 3. The number of likely N-dealkylation sites (tertiary alicyclic amines) is 1. The molecular formula is C17H22N4O3. The maximum Gasteiger partial charge on any atom is 0.317 e. The molecule has 7 heteroatoms. The molecule has 1 amide bonds. The Kier molecular flexibility index (Phi) is 4.51. The first-order valence-electron chi connectivity index (χ1n) is 8.11. The summed E-state index contributed by atoms with van der Waals surface area (Å²) in [6.07, 6.45) is 1.03. The van der Waals surface area contributed by atoms with Gasteiger partial charge in [-0.3, -0.25) is 4.79 Å². The maximum absolute atomic E-state index is 12.5. The van der Waals surface area contributed by atoms with Crippen LogP contribution in [0.4, 0.5) is 0 Å². The molecule has 0 N–H and O–H groups in total. The molecule has 128 valence electrons. The predicted molar refractivity (Wildman–Crippen MR) is 86.8 cm³/mol. The van der Waals surface area contributed by atoms with E-state index in [0.29, 0.717) is 31.3 Å². The van der Waals surface area contributed by atoms with Gasteiger partial charge in [-0.25, -0.2) is 9.97 Å². The molecule has 1 fully saturated rings. The number of carbonyl (C=O) groups excluding carboxylic acids is 1. The lowest BCUT2D eigenvalue weighted by Crippen LogP contribution is -2.32. The van der Waals surface area contributed by atoms with Gasteiger partial charge in [0.15, 0.2) is 0 Å². The van der Waals surface area contributed by atoms with Crippen molar-refractivity contribution in [3.8, 4) is 6.01 Å². The molecule has 3 rings (SSSR count). The molecule has 0 saturated carbocycles. The van der Waals surface area contributed by atoms with Gasteiger partial charge in [-0.05, 0) is 33.8 Å². The van der Waals surface area contributed by atoms with E-state index in [1.54, 1.807) is 0 Å². The minimum absolute atomic E-state index is 0.0665. The fourth-order valence-electron chi connectivity index (χ4n) is 2.96. The number of rotatable bonds is 4. The number of hydrogen-bond acceptors (Lipinski definition) is 6. The van der Waals surface area contributed by atoms with Gasteiger partial charge >= 0.3 is 6.01 Å². The van der Waals surface area contributed by atoms with Crippen molar-refractivity contribution in [1.29, 1.82) is 0 Å². The summed E-state index contributed by atoms with van der Waals surface area (Å²) < 4.78 is 11.0. The Morgan fingerprint density at radius 1 is 1.29 bits per heavy atom. The van der Waals surface area contributed by atoms with Crippen molar-refractivity contribution >= 4 is 5.91 Å². The van der Waals surface area contributed by atoms with Crippen LogP contribution in [0.1, 0.15) is 34.8 Å². The van der Waals surface area contributed by atoms with Gasteiger partial charge < -0.3 is 14.2 Å². The Bertz CT molecular complexity index is 717. The standard InChI is InChI=1S/C17H22N4O3/c1-10-7-11(2)19-17(18-10)23-14-5-6-21(9-14)16(22)8-15-12(3)20-24-13(15)4/h7,14H,5-6,8-9H2,1-4H3/t14-/m1/s1. The second-order valence-corrected chi connectivity index (χ2v) is 6.28. The van der Waals surface area contributed by atoms with Crippen molar-refractivity contribution in [2.24, 2.45) is 0 Å². The molecule has 2 aromatic heterocycles. The van der Waals surface area contributed by atoms with E-state index < -0.39 is 0 Å². The molecule has 2 aromatic rings. The number of ether oxygens (including phenoxy) is 1. The van der Waals surface area contributed by atoms with E-state index in [-0.39, 0.29) is 12.0 Å². The van der Waals surface area contributed by atoms with Crippen molar-refractivity contribution in [1.82, 2.24) is 20.0 Å². The van der Waals surface area contributed by atoms with Crippen molar-refractivity contribution in [3.63, 3.8) is 0 Å². The normalized spacial score (nSPS) is 17.3. The average Bonchev–Trinajstić information content (AvgIpc) is 3.08. The Hall–Kier alpha value is -2.44. The van der Waals surface area contributed by atoms with Crippen molar-refractivity contribution in [2.75, 3.05) is 13.1 Å². The van der Waals surface area contributed by atoms with Crippen LogP contribution in [0, 0.1) is 27.7 Å². The lowest BCUT2D eigenvalue weighted by Gasteiger charge is -2.17. The third-order valence-corrected chi connectivity index (χ3v) is 4.24. The van der Waals surface area contributed by atoms with Crippen LogP contribution in [-0.4, -0.2) is 45.1 Å². The van der Waals surface area contributed by atoms with E-state index in [9.17, 15) is 4.79 Å². The van der Waals surface area contributed by atoms with E-state index in [2.05, 4.69) is 15.1 Å². The number of nitrogens with zero attached hydrogens (tertiary/aromatic N) is 4. The molecule has 1 aliphatic rings. The predicted octanol–water partition coefficient (Wildman–Crippen LogP) is 1.92. The first-order valence-corrected chi connectivity index (χ1v) is 8.11. The topological polar surface area (TPSA) is 81.4 Å². The molecule has 0 unspecified atom stereocenters. The second kappa shape index (κ2) is 6.59. The molecule has 1 atom stereocenters. The maximum atomic E-state index is 12.5.